The zero-order valence-corrected chi connectivity index (χ0v) is 13.6. The van der Waals surface area contributed by atoms with Gasteiger partial charge in [-0.25, -0.2) is 9.18 Å². The number of methoxy groups -OCH3 is 1. The van der Waals surface area contributed by atoms with Crippen LogP contribution >= 0.6 is 0 Å². The van der Waals surface area contributed by atoms with Crippen molar-refractivity contribution in [3.8, 4) is 0 Å². The third-order valence-electron chi connectivity index (χ3n) is 3.64. The maximum absolute atomic E-state index is 13.1. The standard InChI is InChI=1S/C18H15F4NO3/c1-26-17(25)15(23-16(24)11-6-8-13(19)9-7-11)10-12-4-2-3-5-14(12)18(20,21)22/h2-9,15H,10H2,1H3,(H,23,24)/t15-/m0/s1. The molecule has 1 atom stereocenters. The van der Waals surface area contributed by atoms with Crippen molar-refractivity contribution in [2.75, 3.05) is 7.11 Å². The smallest absolute Gasteiger partial charge is 0.416 e. The molecule has 8 heteroatoms. The van der Waals surface area contributed by atoms with Crippen molar-refractivity contribution in [3.63, 3.8) is 0 Å². The number of hydrogen-bond acceptors (Lipinski definition) is 3. The van der Waals surface area contributed by atoms with Crippen LogP contribution in [0, 0.1) is 5.82 Å². The number of nitrogens with one attached hydrogen (secondary N) is 1. The number of ether oxygens (including phenoxy) is 1. The minimum Gasteiger partial charge on any atom is -0.467 e. The number of alkyl halides is 3. The second-order valence-corrected chi connectivity index (χ2v) is 5.42. The van der Waals surface area contributed by atoms with Gasteiger partial charge in [0.05, 0.1) is 12.7 Å². The maximum Gasteiger partial charge on any atom is 0.416 e. The van der Waals surface area contributed by atoms with Gasteiger partial charge in [0.1, 0.15) is 11.9 Å². The first-order valence-electron chi connectivity index (χ1n) is 7.51. The summed E-state index contributed by atoms with van der Waals surface area (Å²) in [5, 5.41) is 2.33. The van der Waals surface area contributed by atoms with E-state index in [2.05, 4.69) is 10.1 Å². The Morgan fingerprint density at radius 1 is 1.08 bits per heavy atom. The lowest BCUT2D eigenvalue weighted by atomic mass is 9.99. The van der Waals surface area contributed by atoms with Gasteiger partial charge >= 0.3 is 12.1 Å². The maximum atomic E-state index is 13.1. The lowest BCUT2D eigenvalue weighted by Crippen LogP contribution is -2.43. The Hall–Kier alpha value is -2.90. The second-order valence-electron chi connectivity index (χ2n) is 5.42. The molecule has 0 aromatic heterocycles. The summed E-state index contributed by atoms with van der Waals surface area (Å²) < 4.78 is 56.8. The topological polar surface area (TPSA) is 55.4 Å². The highest BCUT2D eigenvalue weighted by molar-refractivity contribution is 5.96. The number of rotatable bonds is 5. The van der Waals surface area contributed by atoms with E-state index in [1.54, 1.807) is 0 Å². The molecule has 2 aromatic carbocycles. The molecule has 0 bridgehead atoms. The molecule has 138 valence electrons. The molecule has 0 unspecified atom stereocenters. The fourth-order valence-electron chi connectivity index (χ4n) is 2.37. The van der Waals surface area contributed by atoms with Crippen molar-refractivity contribution in [1.29, 1.82) is 0 Å². The van der Waals surface area contributed by atoms with Crippen LogP contribution in [0.4, 0.5) is 17.6 Å². The first kappa shape index (κ1) is 19.4. The largest absolute Gasteiger partial charge is 0.467 e. The van der Waals surface area contributed by atoms with E-state index in [1.807, 2.05) is 0 Å². The molecule has 2 rings (SSSR count). The van der Waals surface area contributed by atoms with Crippen LogP contribution in [0.5, 0.6) is 0 Å². The van der Waals surface area contributed by atoms with E-state index in [0.717, 1.165) is 25.3 Å². The van der Waals surface area contributed by atoms with Crippen molar-refractivity contribution in [2.24, 2.45) is 0 Å². The first-order valence-corrected chi connectivity index (χ1v) is 7.51. The molecule has 0 saturated carbocycles. The van der Waals surface area contributed by atoms with Gasteiger partial charge in [0.25, 0.3) is 5.91 Å². The minimum absolute atomic E-state index is 0.0596. The van der Waals surface area contributed by atoms with E-state index in [9.17, 15) is 27.2 Å². The van der Waals surface area contributed by atoms with Gasteiger partial charge < -0.3 is 10.1 Å². The van der Waals surface area contributed by atoms with Gasteiger partial charge in [0.2, 0.25) is 0 Å². The van der Waals surface area contributed by atoms with E-state index in [4.69, 9.17) is 0 Å². The molecule has 0 aliphatic carbocycles. The highest BCUT2D eigenvalue weighted by atomic mass is 19.4. The first-order chi connectivity index (χ1) is 12.2. The monoisotopic (exact) mass is 369 g/mol. The molecule has 0 aliphatic rings. The number of carbonyl (C=O) groups excluding carboxylic acids is 2. The number of hydrogen-bond donors (Lipinski definition) is 1. The van der Waals surface area contributed by atoms with Crippen LogP contribution in [0.1, 0.15) is 21.5 Å². The van der Waals surface area contributed by atoms with Gasteiger partial charge in [0, 0.05) is 12.0 Å². The van der Waals surface area contributed by atoms with Gasteiger partial charge in [-0.2, -0.15) is 13.2 Å². The molecule has 0 spiro atoms. The Morgan fingerprint density at radius 3 is 2.27 bits per heavy atom. The number of benzene rings is 2. The number of halogens is 4. The second kappa shape index (κ2) is 7.99. The summed E-state index contributed by atoms with van der Waals surface area (Å²) in [7, 11) is 1.06. The van der Waals surface area contributed by atoms with Gasteiger partial charge in [-0.1, -0.05) is 18.2 Å². The van der Waals surface area contributed by atoms with E-state index in [1.165, 1.54) is 30.3 Å². The molecule has 0 aliphatic heterocycles. The molecule has 0 heterocycles. The van der Waals surface area contributed by atoms with E-state index in [0.29, 0.717) is 0 Å². The molecular weight excluding hydrogens is 354 g/mol. The summed E-state index contributed by atoms with van der Waals surface area (Å²) in [6.45, 7) is 0. The zero-order valence-electron chi connectivity index (χ0n) is 13.6. The molecule has 0 saturated heterocycles. The SMILES string of the molecule is COC(=O)[C@H](Cc1ccccc1C(F)(F)F)NC(=O)c1ccc(F)cc1. The van der Waals surface area contributed by atoms with Crippen LogP contribution in [0.3, 0.4) is 0 Å². The van der Waals surface area contributed by atoms with Crippen LogP contribution in [0.15, 0.2) is 48.5 Å². The third-order valence-corrected chi connectivity index (χ3v) is 3.64. The van der Waals surface area contributed by atoms with Gasteiger partial charge in [-0.3, -0.25) is 4.79 Å². The predicted octanol–water partition coefficient (Wildman–Crippen LogP) is 3.36. The van der Waals surface area contributed by atoms with Crippen LogP contribution in [-0.2, 0) is 22.1 Å². The molecule has 1 amide bonds. The molecule has 2 aromatic rings. The quantitative estimate of drug-likeness (QED) is 0.650. The predicted molar refractivity (Wildman–Crippen MR) is 84.8 cm³/mol. The summed E-state index contributed by atoms with van der Waals surface area (Å²) in [6.07, 6.45) is -5.01. The summed E-state index contributed by atoms with van der Waals surface area (Å²) in [6, 6.07) is 7.93. The van der Waals surface area contributed by atoms with Gasteiger partial charge in [-0.05, 0) is 35.9 Å². The van der Waals surface area contributed by atoms with Crippen LogP contribution in [0.25, 0.3) is 0 Å². The Morgan fingerprint density at radius 2 is 1.69 bits per heavy atom. The number of carbonyl (C=O) groups is 2. The molecule has 1 N–H and O–H groups in total. The lowest BCUT2D eigenvalue weighted by Gasteiger charge is -2.19. The number of esters is 1. The van der Waals surface area contributed by atoms with Crippen molar-refractivity contribution < 1.29 is 31.9 Å². The highest BCUT2D eigenvalue weighted by Gasteiger charge is 2.34. The molecule has 4 nitrogen and oxygen atoms in total. The molecule has 26 heavy (non-hydrogen) atoms. The average Bonchev–Trinajstić information content (AvgIpc) is 2.60. The Balaban J connectivity index is 2.25. The fraction of sp³-hybridized carbons (Fsp3) is 0.222. The summed E-state index contributed by atoms with van der Waals surface area (Å²) in [5.41, 5.74) is -0.996. The minimum atomic E-state index is -4.60. The zero-order chi connectivity index (χ0) is 19.3. The van der Waals surface area contributed by atoms with E-state index >= 15 is 0 Å². The normalized spacial score (nSPS) is 12.3. The highest BCUT2D eigenvalue weighted by Crippen LogP contribution is 2.32. The summed E-state index contributed by atoms with van der Waals surface area (Å²) in [5.74, 6) is -2.17. The Labute approximate surface area is 146 Å². The van der Waals surface area contributed by atoms with Crippen LogP contribution < -0.4 is 5.32 Å². The Bertz CT molecular complexity index is 788. The van der Waals surface area contributed by atoms with Gasteiger partial charge in [0.15, 0.2) is 0 Å². The van der Waals surface area contributed by atoms with Crippen molar-refractivity contribution in [3.05, 3.63) is 71.0 Å². The lowest BCUT2D eigenvalue weighted by molar-refractivity contribution is -0.144. The Kier molecular flexibility index (Phi) is 5.97. The fourth-order valence-corrected chi connectivity index (χ4v) is 2.37. The van der Waals surface area contributed by atoms with Crippen molar-refractivity contribution in [2.45, 2.75) is 18.6 Å². The molecule has 0 fully saturated rings. The van der Waals surface area contributed by atoms with Gasteiger partial charge in [-0.15, -0.1) is 0 Å². The van der Waals surface area contributed by atoms with Crippen LogP contribution in [-0.4, -0.2) is 25.0 Å². The summed E-state index contributed by atoms with van der Waals surface area (Å²) >= 11 is 0. The van der Waals surface area contributed by atoms with Crippen LogP contribution in [0.2, 0.25) is 0 Å². The third kappa shape index (κ3) is 4.81. The van der Waals surface area contributed by atoms with Crippen molar-refractivity contribution >= 4 is 11.9 Å². The summed E-state index contributed by atoms with van der Waals surface area (Å²) in [4.78, 5) is 24.1. The molecular formula is C18H15F4NO3. The average molecular weight is 369 g/mol. The van der Waals surface area contributed by atoms with E-state index < -0.39 is 41.9 Å². The van der Waals surface area contributed by atoms with Crippen molar-refractivity contribution in [1.82, 2.24) is 5.32 Å². The van der Waals surface area contributed by atoms with E-state index in [-0.39, 0.29) is 11.1 Å². The number of amides is 1. The molecule has 0 radical (unpaired) electrons.